The Bertz CT molecular complexity index is 3050. The second kappa shape index (κ2) is 15.1. The third kappa shape index (κ3) is 6.70. The fourth-order valence-electron chi connectivity index (χ4n) is 7.71. The van der Waals surface area contributed by atoms with Gasteiger partial charge < -0.3 is 20.4 Å². The summed E-state index contributed by atoms with van der Waals surface area (Å²) in [5, 5.41) is 9.70. The van der Waals surface area contributed by atoms with Crippen molar-refractivity contribution in [3.63, 3.8) is 0 Å². The van der Waals surface area contributed by atoms with Gasteiger partial charge >= 0.3 is 0 Å². The molecule has 16 heteroatoms. The van der Waals surface area contributed by atoms with Crippen LogP contribution < -0.4 is 20.4 Å². The van der Waals surface area contributed by atoms with Crippen molar-refractivity contribution in [2.24, 2.45) is 0 Å². The summed E-state index contributed by atoms with van der Waals surface area (Å²) < 4.78 is 82.9. The zero-order valence-corrected chi connectivity index (χ0v) is 32.7. The Hall–Kier alpha value is -5.94. The molecule has 0 aliphatic carbocycles. The minimum Gasteiger partial charge on any atom is -0.353 e. The zero-order valence-electron chi connectivity index (χ0n) is 31.1. The van der Waals surface area contributed by atoms with E-state index >= 15 is 0 Å². The van der Waals surface area contributed by atoms with Crippen molar-refractivity contribution >= 4 is 75.3 Å². The van der Waals surface area contributed by atoms with E-state index in [1.54, 1.807) is 18.3 Å². The van der Waals surface area contributed by atoms with Crippen molar-refractivity contribution in [1.29, 1.82) is 0 Å². The summed E-state index contributed by atoms with van der Waals surface area (Å²) in [6.07, 6.45) is 3.09. The maximum Gasteiger partial charge on any atom is 0.268 e. The van der Waals surface area contributed by atoms with Gasteiger partial charge in [0.25, 0.3) is 20.0 Å². The summed E-state index contributed by atoms with van der Waals surface area (Å²) in [5.74, 6) is 0.495. The molecule has 0 bridgehead atoms. The Morgan fingerprint density at radius 1 is 0.483 bits per heavy atom. The van der Waals surface area contributed by atoms with Crippen LogP contribution in [0.5, 0.6) is 0 Å². The molecule has 8 aromatic rings. The van der Waals surface area contributed by atoms with E-state index in [2.05, 4.69) is 20.4 Å². The first kappa shape index (κ1) is 37.6. The molecular weight excluding hydrogens is 783 g/mol. The normalized spacial score (nSPS) is 15.3. The zero-order chi connectivity index (χ0) is 40.0. The van der Waals surface area contributed by atoms with Gasteiger partial charge in [-0.1, -0.05) is 42.5 Å². The van der Waals surface area contributed by atoms with Crippen molar-refractivity contribution in [1.82, 2.24) is 28.5 Å². The molecule has 4 aromatic heterocycles. The lowest BCUT2D eigenvalue weighted by Crippen LogP contribution is -2.44. The number of aromatic nitrogens is 4. The van der Waals surface area contributed by atoms with Gasteiger partial charge in [-0.25, -0.2) is 43.5 Å². The summed E-state index contributed by atoms with van der Waals surface area (Å²) in [4.78, 5) is 14.0. The molecule has 4 aromatic carbocycles. The Morgan fingerprint density at radius 2 is 0.948 bits per heavy atom. The van der Waals surface area contributed by atoms with E-state index in [0.717, 1.165) is 115 Å². The highest BCUT2D eigenvalue weighted by Gasteiger charge is 2.26. The SMILES string of the molecule is O=S(=O)(c1ccc(F)cc1)n1ccc2c(N3CCNCC3)nc3ccccc3c21.O=S(=O)(c1cccc(F)c1)n1ccc2c(N3CCNCC3)nc3ccccc3c21. The van der Waals surface area contributed by atoms with Gasteiger partial charge in [0, 0.05) is 86.3 Å². The van der Waals surface area contributed by atoms with Crippen molar-refractivity contribution in [3.8, 4) is 0 Å². The summed E-state index contributed by atoms with van der Waals surface area (Å²) in [6.45, 7) is 6.59. The van der Waals surface area contributed by atoms with Gasteiger partial charge in [0.1, 0.15) is 23.3 Å². The largest absolute Gasteiger partial charge is 0.353 e. The minimum absolute atomic E-state index is 0.0426. The summed E-state index contributed by atoms with van der Waals surface area (Å²) in [7, 11) is -7.85. The number of para-hydroxylation sites is 2. The first-order valence-electron chi connectivity index (χ1n) is 18.8. The first-order chi connectivity index (χ1) is 28.1. The molecule has 0 amide bonds. The highest BCUT2D eigenvalue weighted by molar-refractivity contribution is 7.90. The molecule has 0 unspecified atom stereocenters. The number of anilines is 2. The second-order valence-electron chi connectivity index (χ2n) is 14.0. The van der Waals surface area contributed by atoms with Crippen LogP contribution in [-0.2, 0) is 20.0 Å². The molecule has 10 rings (SSSR count). The van der Waals surface area contributed by atoms with Gasteiger partial charge in [-0.05, 0) is 66.7 Å². The number of piperazine rings is 2. The Balaban J connectivity index is 0.000000150. The van der Waals surface area contributed by atoms with Crippen LogP contribution in [-0.4, -0.2) is 87.1 Å². The van der Waals surface area contributed by atoms with E-state index in [1.165, 1.54) is 44.5 Å². The van der Waals surface area contributed by atoms with Gasteiger partial charge in [-0.3, -0.25) is 0 Å². The number of fused-ring (bicyclic) bond motifs is 6. The van der Waals surface area contributed by atoms with Crippen molar-refractivity contribution in [2.45, 2.75) is 9.79 Å². The van der Waals surface area contributed by atoms with E-state index in [0.29, 0.717) is 11.0 Å². The van der Waals surface area contributed by atoms with Crippen LogP contribution in [0.3, 0.4) is 0 Å². The van der Waals surface area contributed by atoms with Crippen LogP contribution in [0.15, 0.2) is 131 Å². The van der Waals surface area contributed by atoms with Gasteiger partial charge in [-0.15, -0.1) is 0 Å². The van der Waals surface area contributed by atoms with Crippen molar-refractivity contribution < 1.29 is 25.6 Å². The Kier molecular flexibility index (Phi) is 9.79. The fourth-order valence-corrected chi connectivity index (χ4v) is 10.5. The lowest BCUT2D eigenvalue weighted by Gasteiger charge is -2.29. The van der Waals surface area contributed by atoms with Crippen molar-refractivity contribution in [3.05, 3.63) is 133 Å². The molecule has 296 valence electrons. The smallest absolute Gasteiger partial charge is 0.268 e. The summed E-state index contributed by atoms with van der Waals surface area (Å²) in [6, 6.07) is 28.6. The quantitative estimate of drug-likeness (QED) is 0.207. The van der Waals surface area contributed by atoms with Gasteiger partial charge in [0.15, 0.2) is 0 Å². The van der Waals surface area contributed by atoms with Crippen molar-refractivity contribution in [2.75, 3.05) is 62.2 Å². The minimum atomic E-state index is -3.97. The number of nitrogens with one attached hydrogen (secondary N) is 2. The molecule has 58 heavy (non-hydrogen) atoms. The first-order valence-corrected chi connectivity index (χ1v) is 21.7. The lowest BCUT2D eigenvalue weighted by molar-refractivity contribution is 0.584. The molecule has 2 aliphatic heterocycles. The second-order valence-corrected chi connectivity index (χ2v) is 17.7. The van der Waals surface area contributed by atoms with Crippen LogP contribution in [0.25, 0.3) is 43.6 Å². The molecular formula is C42H38F2N8O4S2. The Labute approximate surface area is 333 Å². The van der Waals surface area contributed by atoms with E-state index in [9.17, 15) is 25.6 Å². The molecule has 6 heterocycles. The van der Waals surface area contributed by atoms with Crippen LogP contribution in [0, 0.1) is 11.6 Å². The number of hydrogen-bond donors (Lipinski definition) is 2. The number of nitrogens with zero attached hydrogens (tertiary/aromatic N) is 6. The monoisotopic (exact) mass is 820 g/mol. The summed E-state index contributed by atoms with van der Waals surface area (Å²) in [5.41, 5.74) is 2.62. The molecule has 2 N–H and O–H groups in total. The standard InChI is InChI=1S/2C21H19FN4O2S/c22-15-4-3-5-16(14-15)29(27,28)26-11-8-18-20(26)17-6-1-2-7-19(17)24-21(18)25-12-9-23-10-13-25;22-15-5-7-16(8-6-15)29(27,28)26-12-9-18-20(26)17-3-1-2-4-19(17)24-21(18)25-13-10-23-11-14-25/h1-8,11,14,23H,9-10,12-13H2;1-9,12,23H,10-11,13-14H2. The van der Waals surface area contributed by atoms with Gasteiger partial charge in [-0.2, -0.15) is 0 Å². The molecule has 0 spiro atoms. The number of benzene rings is 4. The van der Waals surface area contributed by atoms with E-state index in [1.807, 2.05) is 48.5 Å². The third-order valence-corrected chi connectivity index (χ3v) is 13.9. The summed E-state index contributed by atoms with van der Waals surface area (Å²) >= 11 is 0. The maximum atomic E-state index is 13.7. The molecule has 0 saturated carbocycles. The third-order valence-electron chi connectivity index (χ3n) is 10.5. The molecule has 2 fully saturated rings. The van der Waals surface area contributed by atoms with Gasteiger partial charge in [0.2, 0.25) is 0 Å². The highest BCUT2D eigenvalue weighted by atomic mass is 32.2. The van der Waals surface area contributed by atoms with E-state index in [-0.39, 0.29) is 9.79 Å². The molecule has 12 nitrogen and oxygen atoms in total. The van der Waals surface area contributed by atoms with Crippen LogP contribution >= 0.6 is 0 Å². The van der Waals surface area contributed by atoms with Crippen LogP contribution in [0.2, 0.25) is 0 Å². The molecule has 2 saturated heterocycles. The lowest BCUT2D eigenvalue weighted by atomic mass is 10.1. The number of halogens is 2. The molecule has 2 aliphatic rings. The predicted molar refractivity (Wildman–Crippen MR) is 223 cm³/mol. The van der Waals surface area contributed by atoms with E-state index in [4.69, 9.17) is 9.97 Å². The predicted octanol–water partition coefficient (Wildman–Crippen LogP) is 5.95. The fraction of sp³-hybridized carbons (Fsp3) is 0.190. The average Bonchev–Trinajstić information content (AvgIpc) is 3.92. The van der Waals surface area contributed by atoms with E-state index < -0.39 is 31.7 Å². The Morgan fingerprint density at radius 3 is 1.43 bits per heavy atom. The number of hydrogen-bond acceptors (Lipinski definition) is 10. The molecule has 0 radical (unpaired) electrons. The topological polar surface area (TPSA) is 134 Å². The highest BCUT2D eigenvalue weighted by Crippen LogP contribution is 2.36. The average molecular weight is 821 g/mol. The maximum absolute atomic E-state index is 13.7. The van der Waals surface area contributed by atoms with Gasteiger partial charge in [0.05, 0.1) is 31.9 Å². The number of pyridine rings is 2. The van der Waals surface area contributed by atoms with Crippen LogP contribution in [0.1, 0.15) is 0 Å². The molecule has 0 atom stereocenters. The van der Waals surface area contributed by atoms with Crippen LogP contribution in [0.4, 0.5) is 20.4 Å². The number of rotatable bonds is 6.